The summed E-state index contributed by atoms with van der Waals surface area (Å²) in [5.74, 6) is 0. The fraction of sp³-hybridized carbons (Fsp3) is 0.692. The Balaban J connectivity index is 1.78. The molecule has 94 valence electrons. The van der Waals surface area contributed by atoms with E-state index in [0.717, 1.165) is 36.1 Å². The van der Waals surface area contributed by atoms with Crippen LogP contribution in [0, 0.1) is 0 Å². The van der Waals surface area contributed by atoms with Gasteiger partial charge in [0.05, 0.1) is 23.7 Å². The SMILES string of the molecule is OC1(c2csc(C3OCCO3)c2)CCCCC1. The van der Waals surface area contributed by atoms with E-state index >= 15 is 0 Å². The van der Waals surface area contributed by atoms with E-state index in [1.165, 1.54) is 6.42 Å². The molecule has 1 N–H and O–H groups in total. The minimum Gasteiger partial charge on any atom is -0.385 e. The molecule has 3 rings (SSSR count). The molecule has 0 spiro atoms. The molecule has 4 heteroatoms. The van der Waals surface area contributed by atoms with Crippen LogP contribution in [-0.4, -0.2) is 18.3 Å². The van der Waals surface area contributed by atoms with E-state index in [9.17, 15) is 5.11 Å². The molecule has 0 radical (unpaired) electrons. The van der Waals surface area contributed by atoms with E-state index in [0.29, 0.717) is 13.2 Å². The molecule has 2 heterocycles. The first-order valence-corrected chi connectivity index (χ1v) is 7.20. The third-order valence-corrected chi connectivity index (χ3v) is 4.65. The van der Waals surface area contributed by atoms with Crippen LogP contribution in [0.2, 0.25) is 0 Å². The highest BCUT2D eigenvalue weighted by Gasteiger charge is 2.33. The number of ether oxygens (including phenoxy) is 2. The van der Waals surface area contributed by atoms with Crippen LogP contribution in [0.4, 0.5) is 0 Å². The number of hydrogen-bond acceptors (Lipinski definition) is 4. The van der Waals surface area contributed by atoms with Crippen molar-refractivity contribution >= 4 is 11.3 Å². The molecule has 0 atom stereocenters. The zero-order valence-electron chi connectivity index (χ0n) is 9.85. The average Bonchev–Trinajstić information content (AvgIpc) is 3.01. The first kappa shape index (κ1) is 11.7. The van der Waals surface area contributed by atoms with E-state index in [1.807, 2.05) is 0 Å². The summed E-state index contributed by atoms with van der Waals surface area (Å²) < 4.78 is 11.0. The van der Waals surface area contributed by atoms with Crippen LogP contribution >= 0.6 is 11.3 Å². The van der Waals surface area contributed by atoms with Crippen molar-refractivity contribution in [1.82, 2.24) is 0 Å². The first-order chi connectivity index (χ1) is 8.28. The Bertz CT molecular complexity index is 376. The summed E-state index contributed by atoms with van der Waals surface area (Å²) in [7, 11) is 0. The van der Waals surface area contributed by atoms with Gasteiger partial charge in [-0.05, 0) is 29.9 Å². The zero-order valence-corrected chi connectivity index (χ0v) is 10.7. The van der Waals surface area contributed by atoms with Crippen molar-refractivity contribution in [2.24, 2.45) is 0 Å². The second-order valence-corrected chi connectivity index (χ2v) is 5.85. The molecule has 0 amide bonds. The summed E-state index contributed by atoms with van der Waals surface area (Å²) in [6, 6.07) is 2.06. The summed E-state index contributed by atoms with van der Waals surface area (Å²) in [6.45, 7) is 1.34. The minimum absolute atomic E-state index is 0.207. The lowest BCUT2D eigenvalue weighted by Gasteiger charge is -2.31. The van der Waals surface area contributed by atoms with Gasteiger partial charge in [-0.15, -0.1) is 11.3 Å². The number of thiophene rings is 1. The molecule has 2 fully saturated rings. The van der Waals surface area contributed by atoms with Gasteiger partial charge in [0.1, 0.15) is 0 Å². The molecule has 1 saturated heterocycles. The standard InChI is InChI=1S/C13H18O3S/c14-13(4-2-1-3-5-13)10-8-11(17-9-10)12-15-6-7-16-12/h8-9,12,14H,1-7H2. The highest BCUT2D eigenvalue weighted by atomic mass is 32.1. The van der Waals surface area contributed by atoms with Crippen molar-refractivity contribution in [3.8, 4) is 0 Å². The Hall–Kier alpha value is -0.420. The number of hydrogen-bond donors (Lipinski definition) is 1. The first-order valence-electron chi connectivity index (χ1n) is 6.32. The molecule has 1 aromatic rings. The van der Waals surface area contributed by atoms with Gasteiger partial charge in [-0.2, -0.15) is 0 Å². The highest BCUT2D eigenvalue weighted by molar-refractivity contribution is 7.10. The van der Waals surface area contributed by atoms with E-state index in [1.54, 1.807) is 11.3 Å². The van der Waals surface area contributed by atoms with E-state index in [4.69, 9.17) is 9.47 Å². The number of rotatable bonds is 2. The Morgan fingerprint density at radius 1 is 1.18 bits per heavy atom. The van der Waals surface area contributed by atoms with Gasteiger partial charge in [0, 0.05) is 0 Å². The summed E-state index contributed by atoms with van der Waals surface area (Å²) in [4.78, 5) is 1.08. The van der Waals surface area contributed by atoms with Gasteiger partial charge in [-0.1, -0.05) is 19.3 Å². The monoisotopic (exact) mass is 254 g/mol. The molecule has 1 aliphatic carbocycles. The quantitative estimate of drug-likeness (QED) is 0.882. The molecule has 0 unspecified atom stereocenters. The van der Waals surface area contributed by atoms with Gasteiger partial charge in [-0.25, -0.2) is 0 Å². The molecule has 2 aliphatic rings. The van der Waals surface area contributed by atoms with E-state index in [2.05, 4.69) is 11.4 Å². The van der Waals surface area contributed by atoms with Crippen molar-refractivity contribution in [2.45, 2.75) is 44.0 Å². The molecule has 1 aromatic heterocycles. The average molecular weight is 254 g/mol. The summed E-state index contributed by atoms with van der Waals surface area (Å²) in [5.41, 5.74) is 0.447. The summed E-state index contributed by atoms with van der Waals surface area (Å²) >= 11 is 1.63. The maximum Gasteiger partial charge on any atom is 0.193 e. The fourth-order valence-corrected chi connectivity index (χ4v) is 3.66. The van der Waals surface area contributed by atoms with Crippen LogP contribution in [0.15, 0.2) is 11.4 Å². The van der Waals surface area contributed by atoms with Crippen molar-refractivity contribution in [1.29, 1.82) is 0 Å². The van der Waals surface area contributed by atoms with Crippen LogP contribution in [0.25, 0.3) is 0 Å². The van der Waals surface area contributed by atoms with Crippen molar-refractivity contribution in [3.63, 3.8) is 0 Å². The Kier molecular flexibility index (Phi) is 3.21. The minimum atomic E-state index is -0.606. The third kappa shape index (κ3) is 2.27. The maximum atomic E-state index is 10.6. The van der Waals surface area contributed by atoms with E-state index < -0.39 is 5.60 Å². The lowest BCUT2D eigenvalue weighted by Crippen LogP contribution is -2.27. The van der Waals surface area contributed by atoms with Crippen LogP contribution in [0.3, 0.4) is 0 Å². The van der Waals surface area contributed by atoms with Crippen molar-refractivity contribution in [3.05, 3.63) is 21.9 Å². The van der Waals surface area contributed by atoms with Gasteiger partial charge in [0.15, 0.2) is 6.29 Å². The highest BCUT2D eigenvalue weighted by Crippen LogP contribution is 2.40. The summed E-state index contributed by atoms with van der Waals surface area (Å²) in [5, 5.41) is 12.7. The lowest BCUT2D eigenvalue weighted by molar-refractivity contribution is -0.0417. The van der Waals surface area contributed by atoms with Gasteiger partial charge < -0.3 is 14.6 Å². The molecule has 17 heavy (non-hydrogen) atoms. The predicted octanol–water partition coefficient (Wildman–Crippen LogP) is 2.95. The Morgan fingerprint density at radius 3 is 2.59 bits per heavy atom. The molecular formula is C13H18O3S. The smallest absolute Gasteiger partial charge is 0.193 e. The normalized spacial score (nSPS) is 25.2. The lowest BCUT2D eigenvalue weighted by atomic mass is 9.81. The molecular weight excluding hydrogens is 236 g/mol. The summed E-state index contributed by atoms with van der Waals surface area (Å²) in [6.07, 6.45) is 5.05. The molecule has 1 aliphatic heterocycles. The van der Waals surface area contributed by atoms with E-state index in [-0.39, 0.29) is 6.29 Å². The van der Waals surface area contributed by atoms with Crippen LogP contribution in [0.5, 0.6) is 0 Å². The topological polar surface area (TPSA) is 38.7 Å². The van der Waals surface area contributed by atoms with Crippen molar-refractivity contribution < 1.29 is 14.6 Å². The number of aliphatic hydroxyl groups is 1. The second kappa shape index (κ2) is 4.69. The molecule has 3 nitrogen and oxygen atoms in total. The van der Waals surface area contributed by atoms with Gasteiger partial charge in [-0.3, -0.25) is 0 Å². The van der Waals surface area contributed by atoms with Gasteiger partial charge in [0.2, 0.25) is 0 Å². The van der Waals surface area contributed by atoms with Crippen LogP contribution in [-0.2, 0) is 15.1 Å². The fourth-order valence-electron chi connectivity index (χ4n) is 2.67. The van der Waals surface area contributed by atoms with Crippen LogP contribution < -0.4 is 0 Å². The second-order valence-electron chi connectivity index (χ2n) is 4.90. The Morgan fingerprint density at radius 2 is 1.88 bits per heavy atom. The molecule has 1 saturated carbocycles. The predicted molar refractivity (Wildman–Crippen MR) is 65.9 cm³/mol. The maximum absolute atomic E-state index is 10.6. The van der Waals surface area contributed by atoms with Gasteiger partial charge in [0.25, 0.3) is 0 Å². The van der Waals surface area contributed by atoms with Crippen LogP contribution in [0.1, 0.15) is 48.8 Å². The zero-order chi connectivity index (χ0) is 11.7. The third-order valence-electron chi connectivity index (χ3n) is 3.69. The largest absolute Gasteiger partial charge is 0.385 e. The molecule has 0 aromatic carbocycles. The van der Waals surface area contributed by atoms with Crippen molar-refractivity contribution in [2.75, 3.05) is 13.2 Å². The molecule has 0 bridgehead atoms. The van der Waals surface area contributed by atoms with Gasteiger partial charge >= 0.3 is 0 Å². The Labute approximate surface area is 105 Å².